The fourth-order valence-corrected chi connectivity index (χ4v) is 3.52. The van der Waals surface area contributed by atoms with Gasteiger partial charge < -0.3 is 14.1 Å². The first-order valence-corrected chi connectivity index (χ1v) is 7.84. The van der Waals surface area contributed by atoms with Crippen molar-refractivity contribution in [3.05, 3.63) is 30.3 Å². The third-order valence-electron chi connectivity index (χ3n) is 2.49. The van der Waals surface area contributed by atoms with Gasteiger partial charge in [0.1, 0.15) is 11.5 Å². The molecule has 0 amide bonds. The summed E-state index contributed by atoms with van der Waals surface area (Å²) < 4.78 is 58.6. The first-order chi connectivity index (χ1) is 9.24. The minimum Gasteiger partial charge on any atom is -0.398 e. The van der Waals surface area contributed by atoms with Gasteiger partial charge in [0.15, 0.2) is 0 Å². The maximum Gasteiger partial charge on any atom is 0.466 e. The van der Waals surface area contributed by atoms with E-state index >= 15 is 0 Å². The van der Waals surface area contributed by atoms with Crippen molar-refractivity contribution in [3.8, 4) is 11.5 Å². The summed E-state index contributed by atoms with van der Waals surface area (Å²) >= 11 is 0. The Morgan fingerprint density at radius 2 is 1.45 bits per heavy atom. The van der Waals surface area contributed by atoms with E-state index < -0.39 is 20.8 Å². The Hall–Kier alpha value is -2.04. The Balaban J connectivity index is 2.35. The van der Waals surface area contributed by atoms with Gasteiger partial charge in [-0.15, -0.1) is 0 Å². The van der Waals surface area contributed by atoms with Crippen molar-refractivity contribution < 1.29 is 28.8 Å². The summed E-state index contributed by atoms with van der Waals surface area (Å²) in [4.78, 5) is 0. The quantitative estimate of drug-likeness (QED) is 0.704. The normalized spacial score (nSPS) is 19.4. The van der Waals surface area contributed by atoms with Crippen molar-refractivity contribution >= 4 is 37.3 Å². The summed E-state index contributed by atoms with van der Waals surface area (Å²) in [7, 11) is -9.64. The zero-order chi connectivity index (χ0) is 14.5. The predicted octanol–water partition coefficient (Wildman–Crippen LogP) is 0.699. The zero-order valence-electron chi connectivity index (χ0n) is 9.64. The summed E-state index contributed by atoms with van der Waals surface area (Å²) in [5.41, 5.74) is 6.03. The van der Waals surface area contributed by atoms with Crippen LogP contribution in [0, 0.1) is 0 Å². The van der Waals surface area contributed by atoms with Gasteiger partial charge >= 0.3 is 20.8 Å². The molecule has 0 saturated heterocycles. The number of hydrogen-bond acceptors (Lipinski definition) is 8. The van der Waals surface area contributed by atoms with Crippen LogP contribution in [0.25, 0.3) is 10.8 Å². The van der Waals surface area contributed by atoms with E-state index in [1.165, 1.54) is 30.3 Å². The fraction of sp³-hybridized carbons (Fsp3) is 0. The highest BCUT2D eigenvalue weighted by Gasteiger charge is 2.28. The van der Waals surface area contributed by atoms with Gasteiger partial charge in [-0.05, 0) is 29.7 Å². The molecule has 2 aromatic rings. The third-order valence-corrected chi connectivity index (χ3v) is 4.62. The van der Waals surface area contributed by atoms with Crippen LogP contribution in [-0.2, 0) is 24.4 Å². The lowest BCUT2D eigenvalue weighted by molar-refractivity contribution is 0.351. The van der Waals surface area contributed by atoms with Gasteiger partial charge in [-0.2, -0.15) is 16.8 Å². The van der Waals surface area contributed by atoms with Crippen molar-refractivity contribution in [3.63, 3.8) is 0 Å². The van der Waals surface area contributed by atoms with E-state index in [1.807, 2.05) is 0 Å². The van der Waals surface area contributed by atoms with Crippen molar-refractivity contribution in [2.75, 3.05) is 5.73 Å². The lowest BCUT2D eigenvalue weighted by Crippen LogP contribution is -2.22. The molecule has 0 atom stereocenters. The molecule has 20 heavy (non-hydrogen) atoms. The van der Waals surface area contributed by atoms with Crippen LogP contribution in [0.2, 0.25) is 0 Å². The van der Waals surface area contributed by atoms with Gasteiger partial charge in [-0.3, -0.25) is 0 Å². The molecule has 2 aromatic carbocycles. The second-order valence-electron chi connectivity index (χ2n) is 3.95. The van der Waals surface area contributed by atoms with E-state index in [2.05, 4.69) is 12.0 Å². The topological polar surface area (TPSA) is 122 Å². The van der Waals surface area contributed by atoms with Gasteiger partial charge in [0.25, 0.3) is 0 Å². The average molecular weight is 317 g/mol. The summed E-state index contributed by atoms with van der Waals surface area (Å²) in [6.45, 7) is 0. The van der Waals surface area contributed by atoms with Gasteiger partial charge in [-0.25, -0.2) is 0 Å². The summed E-state index contributed by atoms with van der Waals surface area (Å²) in [6.07, 6.45) is 0. The molecule has 0 aromatic heterocycles. The van der Waals surface area contributed by atoms with Crippen LogP contribution in [0.5, 0.6) is 11.5 Å². The number of nitrogen functional groups attached to an aromatic ring is 1. The Kier molecular flexibility index (Phi) is 2.58. The smallest absolute Gasteiger partial charge is 0.398 e. The van der Waals surface area contributed by atoms with Gasteiger partial charge in [0.2, 0.25) is 0 Å². The second-order valence-corrected chi connectivity index (χ2v) is 6.46. The number of hydrogen-bond donors (Lipinski definition) is 1. The molecule has 0 spiro atoms. The standard InChI is InChI=1S/C10H7NO7S2/c11-10-5-8-4-6-3-7(1-2-9(6)10)16-19(12,13)18-20(14,15)17-8/h1-5H,11H2. The Labute approximate surface area is 114 Å². The van der Waals surface area contributed by atoms with E-state index in [0.717, 1.165) is 0 Å². The Morgan fingerprint density at radius 3 is 2.15 bits per heavy atom. The van der Waals surface area contributed by atoms with Gasteiger partial charge in [-0.1, -0.05) is 3.63 Å². The molecule has 1 aliphatic rings. The molecule has 3 bridgehead atoms. The molecular formula is C10H7NO7S2. The van der Waals surface area contributed by atoms with Crippen LogP contribution in [0.1, 0.15) is 0 Å². The molecule has 0 radical (unpaired) electrons. The van der Waals surface area contributed by atoms with E-state index in [1.54, 1.807) is 0 Å². The molecule has 2 N–H and O–H groups in total. The number of rotatable bonds is 0. The van der Waals surface area contributed by atoms with Crippen LogP contribution in [0.4, 0.5) is 5.69 Å². The molecule has 8 nitrogen and oxygen atoms in total. The highest BCUT2D eigenvalue weighted by atomic mass is 32.3. The summed E-state index contributed by atoms with van der Waals surface area (Å²) in [6, 6.07) is 6.86. The highest BCUT2D eigenvalue weighted by molar-refractivity contribution is 7.95. The Morgan fingerprint density at radius 1 is 0.850 bits per heavy atom. The van der Waals surface area contributed by atoms with Crippen molar-refractivity contribution in [2.45, 2.75) is 0 Å². The molecule has 0 unspecified atom stereocenters. The third kappa shape index (κ3) is 2.35. The van der Waals surface area contributed by atoms with Crippen LogP contribution >= 0.6 is 0 Å². The number of anilines is 1. The maximum absolute atomic E-state index is 11.4. The first-order valence-electron chi connectivity index (χ1n) is 5.17. The van der Waals surface area contributed by atoms with Gasteiger partial charge in [0.05, 0.1) is 0 Å². The molecule has 0 saturated carbocycles. The van der Waals surface area contributed by atoms with E-state index in [-0.39, 0.29) is 17.2 Å². The fourth-order valence-electron chi connectivity index (χ4n) is 1.81. The van der Waals surface area contributed by atoms with Crippen molar-refractivity contribution in [1.82, 2.24) is 0 Å². The summed E-state index contributed by atoms with van der Waals surface area (Å²) in [5.74, 6) is -0.268. The van der Waals surface area contributed by atoms with Crippen molar-refractivity contribution in [1.29, 1.82) is 0 Å². The minimum atomic E-state index is -4.84. The number of nitrogens with two attached hydrogens (primary N) is 1. The molecule has 106 valence electrons. The molecule has 0 aliphatic carbocycles. The first kappa shape index (κ1) is 13.0. The van der Waals surface area contributed by atoms with Gasteiger partial charge in [0, 0.05) is 17.1 Å². The van der Waals surface area contributed by atoms with Crippen LogP contribution in [0.15, 0.2) is 30.3 Å². The molecule has 10 heteroatoms. The van der Waals surface area contributed by atoms with Crippen molar-refractivity contribution in [2.24, 2.45) is 0 Å². The molecular weight excluding hydrogens is 310 g/mol. The maximum atomic E-state index is 11.4. The van der Waals surface area contributed by atoms with Crippen LogP contribution in [0.3, 0.4) is 0 Å². The second kappa shape index (κ2) is 3.98. The SMILES string of the molecule is Nc1cc2cc3cc(ccc13)OS(=O)(=O)OS(=O)(=O)O2. The lowest BCUT2D eigenvalue weighted by Gasteiger charge is -2.13. The predicted molar refractivity (Wildman–Crippen MR) is 68.5 cm³/mol. The van der Waals surface area contributed by atoms with E-state index in [4.69, 9.17) is 5.73 Å². The van der Waals surface area contributed by atoms with Crippen LogP contribution in [-0.4, -0.2) is 16.8 Å². The van der Waals surface area contributed by atoms with E-state index in [0.29, 0.717) is 10.8 Å². The zero-order valence-corrected chi connectivity index (χ0v) is 11.3. The Bertz CT molecular complexity index is 913. The van der Waals surface area contributed by atoms with Crippen LogP contribution < -0.4 is 14.1 Å². The highest BCUT2D eigenvalue weighted by Crippen LogP contribution is 2.32. The largest absolute Gasteiger partial charge is 0.466 e. The number of fused-ring (bicyclic) bond motifs is 2. The molecule has 3 rings (SSSR count). The van der Waals surface area contributed by atoms with E-state index in [9.17, 15) is 16.8 Å². The monoisotopic (exact) mass is 317 g/mol. The molecule has 0 fully saturated rings. The average Bonchev–Trinajstić information content (AvgIpc) is 2.23. The summed E-state index contributed by atoms with van der Waals surface area (Å²) in [5, 5.41) is 1.06. The molecule has 1 aliphatic heterocycles. The molecule has 1 heterocycles. The lowest BCUT2D eigenvalue weighted by atomic mass is 10.1. The number of benzene rings is 2. The minimum absolute atomic E-state index is 0.105.